The summed E-state index contributed by atoms with van der Waals surface area (Å²) in [5.74, 6) is -0.926. The fraction of sp³-hybridized carbons (Fsp3) is 0.429. The van der Waals surface area contributed by atoms with E-state index >= 15 is 0 Å². The van der Waals surface area contributed by atoms with Crippen molar-refractivity contribution in [2.24, 2.45) is 5.73 Å². The van der Waals surface area contributed by atoms with Crippen LogP contribution in [0.4, 0.5) is 0 Å². The van der Waals surface area contributed by atoms with Crippen molar-refractivity contribution in [3.05, 3.63) is 53.7 Å². The summed E-state index contributed by atoms with van der Waals surface area (Å²) in [4.78, 5) is 41.8. The Hall–Kier alpha value is -3.20. The summed E-state index contributed by atoms with van der Waals surface area (Å²) in [5, 5.41) is 8.34. The van der Waals surface area contributed by atoms with Crippen LogP contribution in [-0.2, 0) is 16.0 Å². The predicted molar refractivity (Wildman–Crippen MR) is 109 cm³/mol. The standard InChI is InChI=1S/C21H27N5O4/c1-13-21-26-17(12-30-21)20(29)25-16(11-14-7-3-2-4-8-14)19(28)23-10-6-5-9-15(22)18(27)24-13/h2-4,7-8,12-13,15-16H,5-6,9-11,22H2,1H3,(H,23,28)(H,24,27)(H,25,29)/t13-,15-,16-/m0/s1. The first-order valence-electron chi connectivity index (χ1n) is 10.1. The molecule has 3 amide bonds. The van der Waals surface area contributed by atoms with Crippen molar-refractivity contribution in [3.63, 3.8) is 0 Å². The first kappa shape index (κ1) is 21.5. The molecular weight excluding hydrogens is 386 g/mol. The second-order valence-corrected chi connectivity index (χ2v) is 7.41. The fourth-order valence-corrected chi connectivity index (χ4v) is 3.22. The number of carbonyl (C=O) groups excluding carboxylic acids is 3. The molecular formula is C21H27N5O4. The Balaban J connectivity index is 1.80. The molecule has 0 fully saturated rings. The molecule has 30 heavy (non-hydrogen) atoms. The van der Waals surface area contributed by atoms with Crippen molar-refractivity contribution < 1.29 is 18.8 Å². The van der Waals surface area contributed by atoms with E-state index in [9.17, 15) is 14.4 Å². The molecule has 0 unspecified atom stereocenters. The quantitative estimate of drug-likeness (QED) is 0.575. The Morgan fingerprint density at radius 3 is 2.63 bits per heavy atom. The third-order valence-corrected chi connectivity index (χ3v) is 4.97. The summed E-state index contributed by atoms with van der Waals surface area (Å²) in [7, 11) is 0. The van der Waals surface area contributed by atoms with Crippen LogP contribution in [0.15, 0.2) is 41.0 Å². The number of benzene rings is 1. The number of fused-ring (bicyclic) bond motifs is 2. The molecule has 0 spiro atoms. The van der Waals surface area contributed by atoms with Crippen LogP contribution >= 0.6 is 0 Å². The zero-order valence-electron chi connectivity index (χ0n) is 16.9. The molecule has 5 N–H and O–H groups in total. The molecule has 9 heteroatoms. The molecule has 1 aromatic carbocycles. The lowest BCUT2D eigenvalue weighted by atomic mass is 10.0. The summed E-state index contributed by atoms with van der Waals surface area (Å²) < 4.78 is 5.36. The Labute approximate surface area is 174 Å². The molecule has 2 bridgehead atoms. The summed E-state index contributed by atoms with van der Waals surface area (Å²) in [5.41, 5.74) is 6.91. The molecule has 9 nitrogen and oxygen atoms in total. The highest BCUT2D eigenvalue weighted by atomic mass is 16.3. The largest absolute Gasteiger partial charge is 0.446 e. The van der Waals surface area contributed by atoms with Crippen LogP contribution in [0.25, 0.3) is 0 Å². The van der Waals surface area contributed by atoms with Gasteiger partial charge in [0.25, 0.3) is 5.91 Å². The third-order valence-electron chi connectivity index (χ3n) is 4.97. The van der Waals surface area contributed by atoms with Crippen LogP contribution in [0.1, 0.15) is 54.2 Å². The average Bonchev–Trinajstić information content (AvgIpc) is 3.23. The zero-order chi connectivity index (χ0) is 21.5. The van der Waals surface area contributed by atoms with Crippen molar-refractivity contribution in [2.45, 2.75) is 50.7 Å². The van der Waals surface area contributed by atoms with Gasteiger partial charge in [0, 0.05) is 13.0 Å². The molecule has 0 radical (unpaired) electrons. The van der Waals surface area contributed by atoms with Crippen molar-refractivity contribution in [2.75, 3.05) is 6.54 Å². The molecule has 2 heterocycles. The molecule has 3 atom stereocenters. The van der Waals surface area contributed by atoms with E-state index in [0.29, 0.717) is 32.2 Å². The van der Waals surface area contributed by atoms with Crippen molar-refractivity contribution in [1.82, 2.24) is 20.9 Å². The Morgan fingerprint density at radius 2 is 1.87 bits per heavy atom. The van der Waals surface area contributed by atoms with E-state index in [1.54, 1.807) is 6.92 Å². The van der Waals surface area contributed by atoms with E-state index in [1.165, 1.54) is 6.26 Å². The zero-order valence-corrected chi connectivity index (χ0v) is 16.9. The summed E-state index contributed by atoms with van der Waals surface area (Å²) in [6.45, 7) is 2.13. The van der Waals surface area contributed by atoms with Gasteiger partial charge in [-0.15, -0.1) is 0 Å². The van der Waals surface area contributed by atoms with E-state index < -0.39 is 24.0 Å². The number of amides is 3. The van der Waals surface area contributed by atoms with Gasteiger partial charge in [-0.2, -0.15) is 0 Å². The number of hydrogen-bond acceptors (Lipinski definition) is 6. The number of nitrogens with two attached hydrogens (primary N) is 1. The topological polar surface area (TPSA) is 139 Å². The maximum absolute atomic E-state index is 12.7. The summed E-state index contributed by atoms with van der Waals surface area (Å²) in [6, 6.07) is 7.49. The second-order valence-electron chi connectivity index (χ2n) is 7.41. The van der Waals surface area contributed by atoms with Gasteiger partial charge in [-0.05, 0) is 31.7 Å². The Kier molecular flexibility index (Phi) is 7.18. The SMILES string of the molecule is C[C@@H]1NC(=O)[C@@H](N)CCCCNC(=O)[C@H](Cc2ccccc2)NC(=O)c2coc1n2. The van der Waals surface area contributed by atoms with Gasteiger partial charge < -0.3 is 26.1 Å². The van der Waals surface area contributed by atoms with Gasteiger partial charge in [-0.3, -0.25) is 14.4 Å². The normalized spacial score (nSPS) is 23.9. The number of aromatic nitrogens is 1. The lowest BCUT2D eigenvalue weighted by Gasteiger charge is -2.19. The van der Waals surface area contributed by atoms with Crippen molar-refractivity contribution >= 4 is 17.7 Å². The van der Waals surface area contributed by atoms with Crippen LogP contribution in [0.3, 0.4) is 0 Å². The second kappa shape index (κ2) is 10.0. The number of nitrogens with zero attached hydrogens (tertiary/aromatic N) is 1. The van der Waals surface area contributed by atoms with Gasteiger partial charge in [-0.1, -0.05) is 30.3 Å². The number of rotatable bonds is 2. The van der Waals surface area contributed by atoms with E-state index in [1.807, 2.05) is 30.3 Å². The minimum atomic E-state index is -0.757. The molecule has 160 valence electrons. The Bertz CT molecular complexity index is 883. The molecule has 2 aromatic rings. The monoisotopic (exact) mass is 413 g/mol. The molecule has 1 aromatic heterocycles. The van der Waals surface area contributed by atoms with Crippen molar-refractivity contribution in [3.8, 4) is 0 Å². The number of hydrogen-bond donors (Lipinski definition) is 4. The van der Waals surface area contributed by atoms with E-state index in [0.717, 1.165) is 5.56 Å². The van der Waals surface area contributed by atoms with Crippen LogP contribution in [-0.4, -0.2) is 41.3 Å². The van der Waals surface area contributed by atoms with Gasteiger partial charge in [0.15, 0.2) is 5.69 Å². The van der Waals surface area contributed by atoms with Gasteiger partial charge in [0.05, 0.1) is 6.04 Å². The predicted octanol–water partition coefficient (Wildman–Crippen LogP) is 0.820. The number of nitrogens with one attached hydrogen (secondary N) is 3. The fourth-order valence-electron chi connectivity index (χ4n) is 3.22. The maximum atomic E-state index is 12.7. The van der Waals surface area contributed by atoms with Crippen LogP contribution in [0.5, 0.6) is 0 Å². The third kappa shape index (κ3) is 5.66. The summed E-state index contributed by atoms with van der Waals surface area (Å²) in [6.07, 6.45) is 3.41. The van der Waals surface area contributed by atoms with E-state index in [2.05, 4.69) is 20.9 Å². The van der Waals surface area contributed by atoms with E-state index in [-0.39, 0.29) is 23.4 Å². The minimum absolute atomic E-state index is 0.0355. The maximum Gasteiger partial charge on any atom is 0.273 e. The summed E-state index contributed by atoms with van der Waals surface area (Å²) >= 11 is 0. The van der Waals surface area contributed by atoms with Gasteiger partial charge >= 0.3 is 0 Å². The highest BCUT2D eigenvalue weighted by Gasteiger charge is 2.25. The minimum Gasteiger partial charge on any atom is -0.446 e. The van der Waals surface area contributed by atoms with Gasteiger partial charge in [0.2, 0.25) is 17.7 Å². The van der Waals surface area contributed by atoms with Gasteiger partial charge in [-0.25, -0.2) is 4.98 Å². The highest BCUT2D eigenvalue weighted by Crippen LogP contribution is 2.13. The Morgan fingerprint density at radius 1 is 1.10 bits per heavy atom. The van der Waals surface area contributed by atoms with Crippen LogP contribution in [0.2, 0.25) is 0 Å². The first-order valence-corrected chi connectivity index (χ1v) is 10.1. The van der Waals surface area contributed by atoms with Crippen LogP contribution in [0, 0.1) is 0 Å². The van der Waals surface area contributed by atoms with Gasteiger partial charge in [0.1, 0.15) is 18.3 Å². The molecule has 1 aliphatic rings. The molecule has 1 aliphatic heterocycles. The molecule has 3 rings (SSSR count). The van der Waals surface area contributed by atoms with Crippen molar-refractivity contribution in [1.29, 1.82) is 0 Å². The molecule has 0 saturated heterocycles. The van der Waals surface area contributed by atoms with E-state index in [4.69, 9.17) is 10.2 Å². The average molecular weight is 413 g/mol. The van der Waals surface area contributed by atoms with Crippen LogP contribution < -0.4 is 21.7 Å². The highest BCUT2D eigenvalue weighted by molar-refractivity contribution is 5.96. The lowest BCUT2D eigenvalue weighted by molar-refractivity contribution is -0.124. The number of oxazole rings is 1. The molecule has 0 saturated carbocycles. The smallest absolute Gasteiger partial charge is 0.273 e. The first-order chi connectivity index (χ1) is 14.4. The number of carbonyl (C=O) groups is 3. The lowest BCUT2D eigenvalue weighted by Crippen LogP contribution is -2.48. The molecule has 0 aliphatic carbocycles.